The van der Waals surface area contributed by atoms with Crippen LogP contribution >= 0.6 is 15.9 Å². The monoisotopic (exact) mass is 491 g/mol. The molecule has 32 heavy (non-hydrogen) atoms. The Morgan fingerprint density at radius 3 is 2.56 bits per heavy atom. The summed E-state index contributed by atoms with van der Waals surface area (Å²) in [6.07, 6.45) is 0. The van der Waals surface area contributed by atoms with E-state index in [-0.39, 0.29) is 6.79 Å². The molecule has 5 rings (SSSR count). The first kappa shape index (κ1) is 20.5. The standard InChI is InChI=1S/C26H22BrNO4/c1-29-22-11-10-19(25(27)26(22)30-15-17-6-3-2-4-7-17)14-28-21-9-5-8-18-12-23-24(13-20(18)21)32-16-31-23/h2-13,28H,14-16H2,1H3. The minimum absolute atomic E-state index is 0.263. The molecule has 0 radical (unpaired) electrons. The highest BCUT2D eigenvalue weighted by atomic mass is 79.9. The number of halogens is 1. The van der Waals surface area contributed by atoms with E-state index in [1.807, 2.05) is 60.7 Å². The number of anilines is 1. The molecule has 4 aromatic rings. The summed E-state index contributed by atoms with van der Waals surface area (Å²) in [5.74, 6) is 2.94. The van der Waals surface area contributed by atoms with Crippen LogP contribution in [0.3, 0.4) is 0 Å². The number of fused-ring (bicyclic) bond motifs is 2. The fourth-order valence-electron chi connectivity index (χ4n) is 3.75. The van der Waals surface area contributed by atoms with E-state index in [9.17, 15) is 0 Å². The molecule has 1 heterocycles. The van der Waals surface area contributed by atoms with Crippen molar-refractivity contribution in [1.82, 2.24) is 0 Å². The van der Waals surface area contributed by atoms with Crippen LogP contribution in [0.25, 0.3) is 10.8 Å². The molecule has 1 aliphatic rings. The Bertz CT molecular complexity index is 1260. The summed E-state index contributed by atoms with van der Waals surface area (Å²) in [5.41, 5.74) is 3.18. The van der Waals surface area contributed by atoms with E-state index in [1.165, 1.54) is 0 Å². The second kappa shape index (κ2) is 9.01. The maximum atomic E-state index is 6.13. The lowest BCUT2D eigenvalue weighted by molar-refractivity contribution is 0.174. The van der Waals surface area contributed by atoms with Gasteiger partial charge in [-0.1, -0.05) is 48.5 Å². The zero-order valence-electron chi connectivity index (χ0n) is 17.6. The maximum Gasteiger partial charge on any atom is 0.231 e. The first-order chi connectivity index (χ1) is 15.7. The van der Waals surface area contributed by atoms with Gasteiger partial charge in [0.1, 0.15) is 6.61 Å². The Labute approximate surface area is 195 Å². The van der Waals surface area contributed by atoms with Crippen LogP contribution in [-0.2, 0) is 13.2 Å². The van der Waals surface area contributed by atoms with E-state index in [2.05, 4.69) is 33.4 Å². The van der Waals surface area contributed by atoms with Crippen LogP contribution < -0.4 is 24.3 Å². The van der Waals surface area contributed by atoms with Crippen LogP contribution in [-0.4, -0.2) is 13.9 Å². The summed E-state index contributed by atoms with van der Waals surface area (Å²) in [5, 5.41) is 5.73. The van der Waals surface area contributed by atoms with Crippen molar-refractivity contribution in [3.05, 3.63) is 88.4 Å². The number of benzene rings is 4. The van der Waals surface area contributed by atoms with Crippen molar-refractivity contribution in [2.45, 2.75) is 13.2 Å². The molecule has 0 aliphatic carbocycles. The van der Waals surface area contributed by atoms with Gasteiger partial charge in [0, 0.05) is 17.6 Å². The Kier molecular flexibility index (Phi) is 5.77. The summed E-state index contributed by atoms with van der Waals surface area (Å²) in [6.45, 7) is 1.34. The van der Waals surface area contributed by atoms with E-state index in [4.69, 9.17) is 18.9 Å². The third kappa shape index (κ3) is 4.06. The number of methoxy groups -OCH3 is 1. The molecule has 0 fully saturated rings. The van der Waals surface area contributed by atoms with Gasteiger partial charge in [-0.3, -0.25) is 0 Å². The molecule has 0 atom stereocenters. The minimum Gasteiger partial charge on any atom is -0.493 e. The molecule has 1 aliphatic heterocycles. The third-order valence-electron chi connectivity index (χ3n) is 5.43. The predicted molar refractivity (Wildman–Crippen MR) is 129 cm³/mol. The Balaban J connectivity index is 1.39. The number of nitrogens with one attached hydrogen (secondary N) is 1. The van der Waals surface area contributed by atoms with Crippen molar-refractivity contribution in [3.63, 3.8) is 0 Å². The maximum absolute atomic E-state index is 6.13. The van der Waals surface area contributed by atoms with Gasteiger partial charge in [0.05, 0.1) is 11.6 Å². The van der Waals surface area contributed by atoms with Gasteiger partial charge in [0.25, 0.3) is 0 Å². The first-order valence-corrected chi connectivity index (χ1v) is 11.1. The highest BCUT2D eigenvalue weighted by Crippen LogP contribution is 2.40. The van der Waals surface area contributed by atoms with Gasteiger partial charge in [-0.05, 0) is 56.7 Å². The average Bonchev–Trinajstić information content (AvgIpc) is 3.29. The number of ether oxygens (including phenoxy) is 4. The zero-order valence-corrected chi connectivity index (χ0v) is 19.1. The van der Waals surface area contributed by atoms with Crippen molar-refractivity contribution in [2.75, 3.05) is 19.2 Å². The molecule has 0 spiro atoms. The van der Waals surface area contributed by atoms with Crippen molar-refractivity contribution in [1.29, 1.82) is 0 Å². The zero-order chi connectivity index (χ0) is 21.9. The van der Waals surface area contributed by atoms with Gasteiger partial charge in [0.15, 0.2) is 23.0 Å². The average molecular weight is 492 g/mol. The molecule has 0 aromatic heterocycles. The molecule has 4 aromatic carbocycles. The molecule has 0 amide bonds. The van der Waals surface area contributed by atoms with Gasteiger partial charge in [0.2, 0.25) is 6.79 Å². The topological polar surface area (TPSA) is 49.0 Å². The van der Waals surface area contributed by atoms with Gasteiger partial charge < -0.3 is 24.3 Å². The number of hydrogen-bond donors (Lipinski definition) is 1. The fraction of sp³-hybridized carbons (Fsp3) is 0.154. The summed E-state index contributed by atoms with van der Waals surface area (Å²) in [6, 6.07) is 24.3. The second-order valence-corrected chi connectivity index (χ2v) is 8.22. The molecule has 5 nitrogen and oxygen atoms in total. The first-order valence-electron chi connectivity index (χ1n) is 10.3. The van der Waals surface area contributed by atoms with Crippen LogP contribution in [0.15, 0.2) is 77.3 Å². The number of hydrogen-bond acceptors (Lipinski definition) is 5. The second-order valence-electron chi connectivity index (χ2n) is 7.43. The van der Waals surface area contributed by atoms with Gasteiger partial charge in [-0.2, -0.15) is 0 Å². The normalized spacial score (nSPS) is 12.1. The third-order valence-corrected chi connectivity index (χ3v) is 6.30. The summed E-state index contributed by atoms with van der Waals surface area (Å²) < 4.78 is 23.6. The van der Waals surface area contributed by atoms with Gasteiger partial charge in [-0.15, -0.1) is 0 Å². The Hall–Kier alpha value is -3.38. The quantitative estimate of drug-likeness (QED) is 0.318. The van der Waals surface area contributed by atoms with E-state index >= 15 is 0 Å². The van der Waals surface area contributed by atoms with Crippen molar-refractivity contribution < 1.29 is 18.9 Å². The summed E-state index contributed by atoms with van der Waals surface area (Å²) >= 11 is 3.73. The molecular formula is C26H22BrNO4. The van der Waals surface area contributed by atoms with Crippen LogP contribution in [0.4, 0.5) is 5.69 Å². The van der Waals surface area contributed by atoms with Crippen LogP contribution in [0, 0.1) is 0 Å². The lowest BCUT2D eigenvalue weighted by atomic mass is 10.1. The van der Waals surface area contributed by atoms with Gasteiger partial charge in [-0.25, -0.2) is 0 Å². The molecule has 0 saturated carbocycles. The highest BCUT2D eigenvalue weighted by Gasteiger charge is 2.17. The van der Waals surface area contributed by atoms with E-state index < -0.39 is 0 Å². The molecule has 0 unspecified atom stereocenters. The molecule has 0 saturated heterocycles. The SMILES string of the molecule is COc1ccc(CNc2cccc3cc4c(cc23)OCO4)c(Br)c1OCc1ccccc1. The van der Waals surface area contributed by atoms with Crippen molar-refractivity contribution in [2.24, 2.45) is 0 Å². The van der Waals surface area contributed by atoms with E-state index in [1.54, 1.807) is 7.11 Å². The van der Waals surface area contributed by atoms with Crippen molar-refractivity contribution >= 4 is 32.4 Å². The van der Waals surface area contributed by atoms with Gasteiger partial charge >= 0.3 is 0 Å². The summed E-state index contributed by atoms with van der Waals surface area (Å²) in [7, 11) is 1.65. The van der Waals surface area contributed by atoms with E-state index in [0.717, 1.165) is 43.6 Å². The number of rotatable bonds is 7. The van der Waals surface area contributed by atoms with Crippen LogP contribution in [0.1, 0.15) is 11.1 Å². The van der Waals surface area contributed by atoms with Crippen molar-refractivity contribution in [3.8, 4) is 23.0 Å². The molecule has 0 bridgehead atoms. The fourth-order valence-corrected chi connectivity index (χ4v) is 4.33. The molecule has 162 valence electrons. The molecule has 6 heteroatoms. The van der Waals surface area contributed by atoms with Crippen LogP contribution in [0.5, 0.6) is 23.0 Å². The molecular weight excluding hydrogens is 470 g/mol. The Morgan fingerprint density at radius 2 is 1.75 bits per heavy atom. The smallest absolute Gasteiger partial charge is 0.231 e. The van der Waals surface area contributed by atoms with E-state index in [0.29, 0.717) is 24.7 Å². The minimum atomic E-state index is 0.263. The lowest BCUT2D eigenvalue weighted by Gasteiger charge is -2.17. The van der Waals surface area contributed by atoms with Crippen LogP contribution in [0.2, 0.25) is 0 Å². The predicted octanol–water partition coefficient (Wildman–Crippen LogP) is 6.53. The Morgan fingerprint density at radius 1 is 0.938 bits per heavy atom. The molecule has 1 N–H and O–H groups in total. The highest BCUT2D eigenvalue weighted by molar-refractivity contribution is 9.10. The largest absolute Gasteiger partial charge is 0.493 e. The lowest BCUT2D eigenvalue weighted by Crippen LogP contribution is -2.04. The summed E-state index contributed by atoms with van der Waals surface area (Å²) in [4.78, 5) is 0.